The van der Waals surface area contributed by atoms with E-state index in [2.05, 4.69) is 44.3 Å². The lowest BCUT2D eigenvalue weighted by Crippen LogP contribution is -2.35. The lowest BCUT2D eigenvalue weighted by Gasteiger charge is -2.21. The van der Waals surface area contributed by atoms with Crippen molar-refractivity contribution < 1.29 is 9.47 Å². The molecule has 0 saturated carbocycles. The lowest BCUT2D eigenvalue weighted by atomic mass is 9.95. The molecule has 0 aliphatic carbocycles. The maximum atomic E-state index is 5.60. The average molecular weight is 325 g/mol. The van der Waals surface area contributed by atoms with Gasteiger partial charge in [-0.1, -0.05) is 42.5 Å². The lowest BCUT2D eigenvalue weighted by molar-refractivity contribution is 0.392. The second-order valence-electron chi connectivity index (χ2n) is 6.65. The van der Waals surface area contributed by atoms with Crippen LogP contribution < -0.4 is 14.8 Å². The highest BCUT2D eigenvalue weighted by Crippen LogP contribution is 2.38. The van der Waals surface area contributed by atoms with E-state index in [1.807, 2.05) is 36.4 Å². The fourth-order valence-corrected chi connectivity index (χ4v) is 2.56. The van der Waals surface area contributed by atoms with Gasteiger partial charge in [0.2, 0.25) is 0 Å². The molecule has 0 radical (unpaired) electrons. The first-order valence-electron chi connectivity index (χ1n) is 8.18. The summed E-state index contributed by atoms with van der Waals surface area (Å²) >= 11 is 0. The molecular weight excluding hydrogens is 298 g/mol. The van der Waals surface area contributed by atoms with Crippen molar-refractivity contribution in [3.05, 3.63) is 65.7 Å². The Morgan fingerprint density at radius 2 is 1.50 bits per heavy atom. The molecule has 2 rings (SSSR count). The maximum Gasteiger partial charge on any atom is 0.130 e. The summed E-state index contributed by atoms with van der Waals surface area (Å²) in [6.07, 6.45) is 2.20. The van der Waals surface area contributed by atoms with Crippen LogP contribution in [0.4, 0.5) is 0 Å². The second kappa shape index (κ2) is 8.02. The van der Waals surface area contributed by atoms with Crippen LogP contribution in [0.2, 0.25) is 0 Å². The Kier molecular flexibility index (Phi) is 6.04. The van der Waals surface area contributed by atoms with Gasteiger partial charge in [0.15, 0.2) is 0 Å². The third kappa shape index (κ3) is 4.62. The number of ether oxygens (including phenoxy) is 2. The summed E-state index contributed by atoms with van der Waals surface area (Å²) in [5.41, 5.74) is 3.27. The third-order valence-corrected chi connectivity index (χ3v) is 3.72. The summed E-state index contributed by atoms with van der Waals surface area (Å²) in [4.78, 5) is 0. The van der Waals surface area contributed by atoms with E-state index in [1.54, 1.807) is 14.2 Å². The normalized spacial score (nSPS) is 12.1. The third-order valence-electron chi connectivity index (χ3n) is 3.72. The number of benzene rings is 2. The Morgan fingerprint density at radius 3 is 2.00 bits per heavy atom. The van der Waals surface area contributed by atoms with E-state index in [1.165, 1.54) is 0 Å². The fourth-order valence-electron chi connectivity index (χ4n) is 2.56. The van der Waals surface area contributed by atoms with Gasteiger partial charge in [0.25, 0.3) is 0 Å². The van der Waals surface area contributed by atoms with Crippen molar-refractivity contribution in [3.63, 3.8) is 0 Å². The molecule has 2 aromatic carbocycles. The molecule has 0 aliphatic heterocycles. The zero-order valence-electron chi connectivity index (χ0n) is 15.2. The van der Waals surface area contributed by atoms with Gasteiger partial charge < -0.3 is 14.8 Å². The average Bonchev–Trinajstić information content (AvgIpc) is 2.58. The number of methoxy groups -OCH3 is 2. The molecule has 0 aromatic heterocycles. The summed E-state index contributed by atoms with van der Waals surface area (Å²) in [6.45, 7) is 7.24. The van der Waals surface area contributed by atoms with E-state index in [4.69, 9.17) is 9.47 Å². The Bertz CT molecular complexity index is 662. The highest BCUT2D eigenvalue weighted by Gasteiger charge is 2.16. The second-order valence-corrected chi connectivity index (χ2v) is 6.65. The van der Waals surface area contributed by atoms with E-state index in [-0.39, 0.29) is 5.54 Å². The van der Waals surface area contributed by atoms with Crippen LogP contribution in [0.15, 0.2) is 54.6 Å². The first kappa shape index (κ1) is 18.1. The van der Waals surface area contributed by atoms with Crippen LogP contribution in [0.5, 0.6) is 11.5 Å². The van der Waals surface area contributed by atoms with Crippen LogP contribution in [0, 0.1) is 0 Å². The van der Waals surface area contributed by atoms with Gasteiger partial charge in [0.05, 0.1) is 19.8 Å². The van der Waals surface area contributed by atoms with Crippen LogP contribution in [0.25, 0.3) is 5.57 Å². The van der Waals surface area contributed by atoms with E-state index < -0.39 is 0 Å². The van der Waals surface area contributed by atoms with Crippen LogP contribution in [0.3, 0.4) is 0 Å². The minimum atomic E-state index is 0.0587. The van der Waals surface area contributed by atoms with Crippen molar-refractivity contribution in [2.45, 2.75) is 26.3 Å². The van der Waals surface area contributed by atoms with Crippen molar-refractivity contribution in [2.75, 3.05) is 20.8 Å². The van der Waals surface area contributed by atoms with Gasteiger partial charge >= 0.3 is 0 Å². The molecule has 2 aromatic rings. The van der Waals surface area contributed by atoms with E-state index >= 15 is 0 Å². The molecule has 0 saturated heterocycles. The minimum Gasteiger partial charge on any atom is -0.496 e. The molecular formula is C21H27NO2. The quantitative estimate of drug-likeness (QED) is 0.847. The molecule has 128 valence electrons. The van der Waals surface area contributed by atoms with Gasteiger partial charge in [-0.3, -0.25) is 0 Å². The molecule has 1 N–H and O–H groups in total. The standard InChI is InChI=1S/C21H27NO2/c1-21(2,3)22-15-14-17(16-10-7-6-8-11-16)20-18(23-4)12-9-13-19(20)24-5/h6-14,22H,15H2,1-5H3. The maximum absolute atomic E-state index is 5.60. The van der Waals surface area contributed by atoms with Gasteiger partial charge in [0.1, 0.15) is 11.5 Å². The van der Waals surface area contributed by atoms with E-state index in [0.29, 0.717) is 0 Å². The summed E-state index contributed by atoms with van der Waals surface area (Å²) in [7, 11) is 3.38. The highest BCUT2D eigenvalue weighted by molar-refractivity contribution is 5.86. The Labute approximate surface area is 145 Å². The molecule has 0 atom stereocenters. The Morgan fingerprint density at radius 1 is 0.917 bits per heavy atom. The van der Waals surface area contributed by atoms with Crippen LogP contribution >= 0.6 is 0 Å². The number of hydrogen-bond donors (Lipinski definition) is 1. The number of hydrogen-bond acceptors (Lipinski definition) is 3. The largest absolute Gasteiger partial charge is 0.496 e. The molecule has 0 heterocycles. The van der Waals surface area contributed by atoms with Gasteiger partial charge in [-0.05, 0) is 44.0 Å². The van der Waals surface area contributed by atoms with Crippen molar-refractivity contribution in [3.8, 4) is 11.5 Å². The molecule has 0 unspecified atom stereocenters. The molecule has 0 bridgehead atoms. The van der Waals surface area contributed by atoms with Crippen LogP contribution in [0.1, 0.15) is 31.9 Å². The van der Waals surface area contributed by atoms with Crippen molar-refractivity contribution >= 4 is 5.57 Å². The molecule has 3 heteroatoms. The first-order chi connectivity index (χ1) is 11.5. The molecule has 0 spiro atoms. The molecule has 0 fully saturated rings. The molecule has 3 nitrogen and oxygen atoms in total. The molecule has 0 amide bonds. The summed E-state index contributed by atoms with van der Waals surface area (Å²) in [6, 6.07) is 16.2. The van der Waals surface area contributed by atoms with E-state index in [0.717, 1.165) is 34.7 Å². The fraction of sp³-hybridized carbons (Fsp3) is 0.333. The zero-order chi connectivity index (χ0) is 17.6. The van der Waals surface area contributed by atoms with Crippen molar-refractivity contribution in [1.82, 2.24) is 5.32 Å². The van der Waals surface area contributed by atoms with Gasteiger partial charge in [0, 0.05) is 12.1 Å². The zero-order valence-corrected chi connectivity index (χ0v) is 15.2. The SMILES string of the molecule is COc1cccc(OC)c1C(=CCNC(C)(C)C)c1ccccc1. The van der Waals surface area contributed by atoms with Crippen molar-refractivity contribution in [1.29, 1.82) is 0 Å². The van der Waals surface area contributed by atoms with Crippen LogP contribution in [-0.2, 0) is 0 Å². The number of nitrogens with one attached hydrogen (secondary N) is 1. The first-order valence-corrected chi connectivity index (χ1v) is 8.18. The van der Waals surface area contributed by atoms with Gasteiger partial charge in [-0.15, -0.1) is 0 Å². The van der Waals surface area contributed by atoms with Gasteiger partial charge in [-0.25, -0.2) is 0 Å². The predicted molar refractivity (Wildman–Crippen MR) is 101 cm³/mol. The smallest absolute Gasteiger partial charge is 0.130 e. The monoisotopic (exact) mass is 325 g/mol. The molecule has 24 heavy (non-hydrogen) atoms. The molecule has 0 aliphatic rings. The summed E-state index contributed by atoms with van der Waals surface area (Å²) in [5, 5.41) is 3.51. The van der Waals surface area contributed by atoms with Crippen LogP contribution in [-0.4, -0.2) is 26.3 Å². The summed E-state index contributed by atoms with van der Waals surface area (Å²) < 4.78 is 11.2. The Hall–Kier alpha value is -2.26. The topological polar surface area (TPSA) is 30.5 Å². The summed E-state index contributed by atoms with van der Waals surface area (Å²) in [5.74, 6) is 1.61. The Balaban J connectivity index is 2.53. The van der Waals surface area contributed by atoms with E-state index in [9.17, 15) is 0 Å². The van der Waals surface area contributed by atoms with Crippen molar-refractivity contribution in [2.24, 2.45) is 0 Å². The highest BCUT2D eigenvalue weighted by atomic mass is 16.5. The predicted octanol–water partition coefficient (Wildman–Crippen LogP) is 4.52. The van der Waals surface area contributed by atoms with Gasteiger partial charge in [-0.2, -0.15) is 0 Å². The number of rotatable bonds is 6. The minimum absolute atomic E-state index is 0.0587.